The summed E-state index contributed by atoms with van der Waals surface area (Å²) >= 11 is 0. The minimum atomic E-state index is 0.0927. The maximum Gasteiger partial charge on any atom is 0.223 e. The van der Waals surface area contributed by atoms with E-state index in [1.807, 2.05) is 6.92 Å². The molecule has 0 spiro atoms. The number of benzene rings is 1. The minimum absolute atomic E-state index is 0.0927. The van der Waals surface area contributed by atoms with Crippen LogP contribution in [0.15, 0.2) is 24.3 Å². The first-order valence-corrected chi connectivity index (χ1v) is 10.5. The molecule has 152 valence electrons. The molecule has 0 radical (unpaired) electrons. The molecule has 0 heterocycles. The molecule has 0 aliphatic heterocycles. The Morgan fingerprint density at radius 3 is 2.33 bits per heavy atom. The molecule has 0 aliphatic rings. The molecule has 1 aromatic rings. The Labute approximate surface area is 165 Å². The molecular formula is C23H38N2O2. The smallest absolute Gasteiger partial charge is 0.223 e. The van der Waals surface area contributed by atoms with E-state index in [0.717, 1.165) is 38.5 Å². The number of carbonyl (C=O) groups excluding carboxylic acids is 2. The van der Waals surface area contributed by atoms with Crippen molar-refractivity contribution in [3.63, 3.8) is 0 Å². The number of unbranched alkanes of at least 4 members (excludes halogenated alkanes) is 1. The maximum atomic E-state index is 12.1. The second-order valence-corrected chi connectivity index (χ2v) is 7.91. The van der Waals surface area contributed by atoms with Crippen LogP contribution in [0.1, 0.15) is 70.4 Å². The molecule has 1 rings (SSSR count). The summed E-state index contributed by atoms with van der Waals surface area (Å²) in [6, 6.07) is 8.50. The molecule has 1 aromatic carbocycles. The Morgan fingerprint density at radius 2 is 1.70 bits per heavy atom. The second-order valence-electron chi connectivity index (χ2n) is 7.91. The Hall–Kier alpha value is -1.84. The van der Waals surface area contributed by atoms with Gasteiger partial charge in [-0.1, -0.05) is 50.1 Å². The number of amides is 2. The van der Waals surface area contributed by atoms with Gasteiger partial charge in [0.05, 0.1) is 0 Å². The lowest BCUT2D eigenvalue weighted by Gasteiger charge is -2.18. The van der Waals surface area contributed by atoms with E-state index in [1.54, 1.807) is 0 Å². The van der Waals surface area contributed by atoms with Crippen LogP contribution in [0.4, 0.5) is 0 Å². The van der Waals surface area contributed by atoms with Gasteiger partial charge in [-0.25, -0.2) is 0 Å². The number of hydrogen-bond acceptors (Lipinski definition) is 2. The predicted octanol–water partition coefficient (Wildman–Crippen LogP) is 4.40. The van der Waals surface area contributed by atoms with Crippen molar-refractivity contribution < 1.29 is 9.59 Å². The normalized spacial score (nSPS) is 12.0. The van der Waals surface area contributed by atoms with Crippen molar-refractivity contribution in [3.05, 3.63) is 35.4 Å². The van der Waals surface area contributed by atoms with Gasteiger partial charge in [0, 0.05) is 25.4 Å². The Balaban J connectivity index is 2.15. The van der Waals surface area contributed by atoms with Crippen LogP contribution in [-0.2, 0) is 16.0 Å². The number of carbonyl (C=O) groups is 2. The van der Waals surface area contributed by atoms with Crippen LogP contribution in [-0.4, -0.2) is 24.9 Å². The van der Waals surface area contributed by atoms with Crippen LogP contribution in [0.5, 0.6) is 0 Å². The molecular weight excluding hydrogens is 336 g/mol. The van der Waals surface area contributed by atoms with E-state index in [4.69, 9.17) is 0 Å². The maximum absolute atomic E-state index is 12.1. The van der Waals surface area contributed by atoms with Crippen molar-refractivity contribution in [2.45, 2.75) is 72.6 Å². The van der Waals surface area contributed by atoms with Crippen molar-refractivity contribution in [1.82, 2.24) is 10.6 Å². The summed E-state index contributed by atoms with van der Waals surface area (Å²) in [5.74, 6) is 0.914. The highest BCUT2D eigenvalue weighted by Crippen LogP contribution is 2.18. The fourth-order valence-electron chi connectivity index (χ4n) is 3.28. The minimum Gasteiger partial charge on any atom is -0.356 e. The summed E-state index contributed by atoms with van der Waals surface area (Å²) in [7, 11) is 0. The lowest BCUT2D eigenvalue weighted by atomic mass is 9.91. The Bertz CT molecular complexity index is 552. The van der Waals surface area contributed by atoms with E-state index in [1.165, 1.54) is 11.1 Å². The Kier molecular flexibility index (Phi) is 11.5. The second kappa shape index (κ2) is 13.3. The van der Waals surface area contributed by atoms with Crippen LogP contribution in [0.3, 0.4) is 0 Å². The van der Waals surface area contributed by atoms with Crippen molar-refractivity contribution in [3.8, 4) is 0 Å². The number of rotatable bonds is 13. The monoisotopic (exact) mass is 374 g/mol. The van der Waals surface area contributed by atoms with Gasteiger partial charge in [-0.05, 0) is 57.4 Å². The van der Waals surface area contributed by atoms with E-state index < -0.39 is 0 Å². The van der Waals surface area contributed by atoms with Crippen LogP contribution in [0.2, 0.25) is 0 Å². The zero-order chi connectivity index (χ0) is 20.1. The molecule has 2 N–H and O–H groups in total. The summed E-state index contributed by atoms with van der Waals surface area (Å²) in [5.41, 5.74) is 2.55. The fourth-order valence-corrected chi connectivity index (χ4v) is 3.28. The SMILES string of the molecule is CCNC(=O)[C@H](CCCCNC(=O)CCCc1ccc(C)cc1)CC(C)C. The molecule has 0 aromatic heterocycles. The van der Waals surface area contributed by atoms with Gasteiger partial charge in [0.1, 0.15) is 0 Å². The van der Waals surface area contributed by atoms with Gasteiger partial charge >= 0.3 is 0 Å². The number of aryl methyl sites for hydroxylation is 2. The molecule has 0 unspecified atom stereocenters. The third-order valence-corrected chi connectivity index (χ3v) is 4.77. The van der Waals surface area contributed by atoms with E-state index >= 15 is 0 Å². The molecule has 0 aliphatic carbocycles. The highest BCUT2D eigenvalue weighted by atomic mass is 16.2. The lowest BCUT2D eigenvalue weighted by molar-refractivity contribution is -0.125. The number of hydrogen-bond donors (Lipinski definition) is 2. The highest BCUT2D eigenvalue weighted by Gasteiger charge is 2.18. The van der Waals surface area contributed by atoms with E-state index in [-0.39, 0.29) is 17.7 Å². The quantitative estimate of drug-likeness (QED) is 0.503. The van der Waals surface area contributed by atoms with Crippen LogP contribution in [0.25, 0.3) is 0 Å². The first kappa shape index (κ1) is 23.2. The highest BCUT2D eigenvalue weighted by molar-refractivity contribution is 5.78. The summed E-state index contributed by atoms with van der Waals surface area (Å²) in [6.07, 6.45) is 6.11. The molecule has 27 heavy (non-hydrogen) atoms. The largest absolute Gasteiger partial charge is 0.356 e. The number of nitrogens with one attached hydrogen (secondary N) is 2. The molecule has 0 bridgehead atoms. The van der Waals surface area contributed by atoms with Gasteiger partial charge < -0.3 is 10.6 Å². The lowest BCUT2D eigenvalue weighted by Crippen LogP contribution is -2.31. The van der Waals surface area contributed by atoms with Crippen molar-refractivity contribution >= 4 is 11.8 Å². The van der Waals surface area contributed by atoms with Gasteiger partial charge in [0.25, 0.3) is 0 Å². The van der Waals surface area contributed by atoms with Crippen molar-refractivity contribution in [1.29, 1.82) is 0 Å². The van der Waals surface area contributed by atoms with Crippen LogP contribution in [0, 0.1) is 18.8 Å². The fraction of sp³-hybridized carbons (Fsp3) is 0.652. The first-order chi connectivity index (χ1) is 12.9. The Morgan fingerprint density at radius 1 is 1.00 bits per heavy atom. The molecule has 2 amide bonds. The third-order valence-electron chi connectivity index (χ3n) is 4.77. The zero-order valence-electron chi connectivity index (χ0n) is 17.6. The summed E-state index contributed by atoms with van der Waals surface area (Å²) in [5, 5.41) is 5.95. The van der Waals surface area contributed by atoms with Crippen LogP contribution >= 0.6 is 0 Å². The van der Waals surface area contributed by atoms with Gasteiger partial charge in [0.15, 0.2) is 0 Å². The summed E-state index contributed by atoms with van der Waals surface area (Å²) < 4.78 is 0. The molecule has 0 saturated heterocycles. The average Bonchev–Trinajstić information content (AvgIpc) is 2.62. The average molecular weight is 375 g/mol. The summed E-state index contributed by atoms with van der Waals surface area (Å²) in [6.45, 7) is 9.74. The molecule has 0 fully saturated rings. The third kappa shape index (κ3) is 10.8. The molecule has 1 atom stereocenters. The van der Waals surface area contributed by atoms with Gasteiger partial charge in [-0.2, -0.15) is 0 Å². The van der Waals surface area contributed by atoms with E-state index in [9.17, 15) is 9.59 Å². The summed E-state index contributed by atoms with van der Waals surface area (Å²) in [4.78, 5) is 24.1. The first-order valence-electron chi connectivity index (χ1n) is 10.5. The van der Waals surface area contributed by atoms with Gasteiger partial charge in [0.2, 0.25) is 11.8 Å². The van der Waals surface area contributed by atoms with Gasteiger partial charge in [-0.3, -0.25) is 9.59 Å². The molecule has 0 saturated carbocycles. The topological polar surface area (TPSA) is 58.2 Å². The van der Waals surface area contributed by atoms with E-state index in [0.29, 0.717) is 25.4 Å². The molecule has 4 heteroatoms. The predicted molar refractivity (Wildman–Crippen MR) is 113 cm³/mol. The van der Waals surface area contributed by atoms with Gasteiger partial charge in [-0.15, -0.1) is 0 Å². The van der Waals surface area contributed by atoms with Crippen LogP contribution < -0.4 is 10.6 Å². The van der Waals surface area contributed by atoms with E-state index in [2.05, 4.69) is 55.7 Å². The standard InChI is InChI=1S/C23H38N2O2/c1-5-24-23(27)21(17-18(2)3)10-6-7-16-25-22(26)11-8-9-20-14-12-19(4)13-15-20/h12-15,18,21H,5-11,16-17H2,1-4H3,(H,24,27)(H,25,26)/t21-/m1/s1. The molecule has 4 nitrogen and oxygen atoms in total. The zero-order valence-corrected chi connectivity index (χ0v) is 17.6. The van der Waals surface area contributed by atoms with Crippen molar-refractivity contribution in [2.75, 3.05) is 13.1 Å². The van der Waals surface area contributed by atoms with Crippen molar-refractivity contribution in [2.24, 2.45) is 11.8 Å².